The molecule has 3 aliphatic rings. The van der Waals surface area contributed by atoms with Gasteiger partial charge >= 0.3 is 0 Å². The summed E-state index contributed by atoms with van der Waals surface area (Å²) < 4.78 is 14.1. The fourth-order valence-electron chi connectivity index (χ4n) is 5.46. The maximum absolute atomic E-state index is 14.1. The summed E-state index contributed by atoms with van der Waals surface area (Å²) in [6, 6.07) is 7.14. The Labute approximate surface area is 166 Å². The Hall–Kier alpha value is -1.66. The SMILES string of the molecule is C[C@]12CCCN(CC3(O)CCN(c4ccccc4F)CC3)[C@H]1CCCC(=O)N2. The Balaban J connectivity index is 1.42. The number of para-hydroxylation sites is 1. The van der Waals surface area contributed by atoms with Gasteiger partial charge in [0.1, 0.15) is 5.82 Å². The molecule has 3 aliphatic heterocycles. The molecule has 0 bridgehead atoms. The van der Waals surface area contributed by atoms with Crippen molar-refractivity contribution in [3.63, 3.8) is 0 Å². The zero-order chi connectivity index (χ0) is 19.8. The number of nitrogens with one attached hydrogen (secondary N) is 1. The molecule has 1 amide bonds. The number of hydrogen-bond acceptors (Lipinski definition) is 4. The van der Waals surface area contributed by atoms with Crippen LogP contribution in [-0.2, 0) is 4.79 Å². The highest BCUT2D eigenvalue weighted by molar-refractivity contribution is 5.77. The molecule has 0 aliphatic carbocycles. The molecule has 2 N–H and O–H groups in total. The average molecular weight is 390 g/mol. The Kier molecular flexibility index (Phi) is 5.36. The second-order valence-electron chi connectivity index (χ2n) is 9.11. The van der Waals surface area contributed by atoms with Crippen molar-refractivity contribution in [3.05, 3.63) is 30.1 Å². The Morgan fingerprint density at radius 3 is 2.68 bits per heavy atom. The van der Waals surface area contributed by atoms with Crippen LogP contribution in [0.3, 0.4) is 0 Å². The number of β-amino-alcohol motifs (C(OH)–C–C–N with tert-alkyl or cyclic N) is 1. The minimum atomic E-state index is -0.754. The largest absolute Gasteiger partial charge is 0.388 e. The van der Waals surface area contributed by atoms with Crippen LogP contribution in [0, 0.1) is 5.82 Å². The summed E-state index contributed by atoms with van der Waals surface area (Å²) in [5.74, 6) is -0.0438. The third kappa shape index (κ3) is 3.90. The second-order valence-corrected chi connectivity index (χ2v) is 9.11. The summed E-state index contributed by atoms with van der Waals surface area (Å²) in [4.78, 5) is 16.5. The molecule has 4 rings (SSSR count). The highest BCUT2D eigenvalue weighted by Gasteiger charge is 2.46. The number of rotatable bonds is 3. The molecular formula is C22H32FN3O2. The van der Waals surface area contributed by atoms with Gasteiger partial charge in [0.05, 0.1) is 16.8 Å². The average Bonchev–Trinajstić information content (AvgIpc) is 2.80. The zero-order valence-electron chi connectivity index (χ0n) is 16.8. The molecule has 3 saturated heterocycles. The van der Waals surface area contributed by atoms with E-state index in [2.05, 4.69) is 17.1 Å². The first kappa shape index (κ1) is 19.6. The van der Waals surface area contributed by atoms with Gasteiger partial charge in [-0.3, -0.25) is 9.69 Å². The van der Waals surface area contributed by atoms with Crippen LogP contribution in [0.4, 0.5) is 10.1 Å². The second kappa shape index (κ2) is 7.64. The molecule has 5 nitrogen and oxygen atoms in total. The van der Waals surface area contributed by atoms with Gasteiger partial charge in [0, 0.05) is 32.1 Å². The molecule has 2 atom stereocenters. The molecule has 0 unspecified atom stereocenters. The van der Waals surface area contributed by atoms with Crippen molar-refractivity contribution in [2.75, 3.05) is 31.1 Å². The highest BCUT2D eigenvalue weighted by Crippen LogP contribution is 2.36. The number of anilines is 1. The van der Waals surface area contributed by atoms with E-state index in [0.29, 0.717) is 44.6 Å². The third-order valence-electron chi connectivity index (χ3n) is 7.01. The van der Waals surface area contributed by atoms with Gasteiger partial charge in [0.2, 0.25) is 5.91 Å². The van der Waals surface area contributed by atoms with E-state index in [9.17, 15) is 14.3 Å². The Morgan fingerprint density at radius 2 is 1.93 bits per heavy atom. The summed E-state index contributed by atoms with van der Waals surface area (Å²) in [6.07, 6.45) is 5.79. The number of amides is 1. The van der Waals surface area contributed by atoms with Gasteiger partial charge < -0.3 is 15.3 Å². The van der Waals surface area contributed by atoms with Crippen LogP contribution in [0.1, 0.15) is 51.9 Å². The topological polar surface area (TPSA) is 55.8 Å². The standard InChI is InChI=1S/C22H32FN3O2/c1-21-10-5-13-26(19(21)8-4-9-20(27)24-21)16-22(28)11-14-25(15-12-22)18-7-3-2-6-17(18)23/h2-3,6-7,19,28H,4-5,8-16H2,1H3,(H,24,27)/t19-,21-/m0/s1. The van der Waals surface area contributed by atoms with E-state index >= 15 is 0 Å². The number of aliphatic hydroxyl groups is 1. The molecule has 1 aromatic carbocycles. The quantitative estimate of drug-likeness (QED) is 0.835. The number of halogens is 1. The van der Waals surface area contributed by atoms with Crippen LogP contribution in [0.2, 0.25) is 0 Å². The van der Waals surface area contributed by atoms with Crippen molar-refractivity contribution in [1.82, 2.24) is 10.2 Å². The molecule has 0 saturated carbocycles. The smallest absolute Gasteiger partial charge is 0.220 e. The molecule has 3 heterocycles. The van der Waals surface area contributed by atoms with Crippen molar-refractivity contribution in [3.8, 4) is 0 Å². The summed E-state index contributed by atoms with van der Waals surface area (Å²) >= 11 is 0. The van der Waals surface area contributed by atoms with Crippen molar-refractivity contribution >= 4 is 11.6 Å². The monoisotopic (exact) mass is 389 g/mol. The van der Waals surface area contributed by atoms with Crippen LogP contribution < -0.4 is 10.2 Å². The lowest BCUT2D eigenvalue weighted by atomic mass is 9.79. The molecule has 6 heteroatoms. The van der Waals surface area contributed by atoms with Crippen LogP contribution in [0.5, 0.6) is 0 Å². The van der Waals surface area contributed by atoms with E-state index in [4.69, 9.17) is 0 Å². The fraction of sp³-hybridized carbons (Fsp3) is 0.682. The molecule has 1 aromatic rings. The third-order valence-corrected chi connectivity index (χ3v) is 7.01. The van der Waals surface area contributed by atoms with E-state index in [0.717, 1.165) is 32.2 Å². The van der Waals surface area contributed by atoms with Crippen molar-refractivity contribution in [2.24, 2.45) is 0 Å². The summed E-state index contributed by atoms with van der Waals surface area (Å²) in [7, 11) is 0. The first-order valence-corrected chi connectivity index (χ1v) is 10.7. The summed E-state index contributed by atoms with van der Waals surface area (Å²) in [6.45, 7) is 5.08. The highest BCUT2D eigenvalue weighted by atomic mass is 19.1. The van der Waals surface area contributed by atoms with E-state index in [-0.39, 0.29) is 23.3 Å². The number of fused-ring (bicyclic) bond motifs is 1. The minimum Gasteiger partial charge on any atom is -0.388 e. The molecule has 0 spiro atoms. The van der Waals surface area contributed by atoms with Crippen molar-refractivity contribution in [2.45, 2.75) is 69.1 Å². The number of hydrogen-bond donors (Lipinski definition) is 2. The lowest BCUT2D eigenvalue weighted by Crippen LogP contribution is -2.65. The van der Waals surface area contributed by atoms with Gasteiger partial charge in [0.25, 0.3) is 0 Å². The molecule has 0 radical (unpaired) electrons. The number of carbonyl (C=O) groups is 1. The molecule has 154 valence electrons. The predicted molar refractivity (Wildman–Crippen MR) is 108 cm³/mol. The van der Waals surface area contributed by atoms with Gasteiger partial charge in [0.15, 0.2) is 0 Å². The fourth-order valence-corrected chi connectivity index (χ4v) is 5.46. The van der Waals surface area contributed by atoms with Crippen molar-refractivity contribution < 1.29 is 14.3 Å². The van der Waals surface area contributed by atoms with Gasteiger partial charge in [-0.1, -0.05) is 12.1 Å². The number of likely N-dealkylation sites (tertiary alicyclic amines) is 1. The van der Waals surface area contributed by atoms with E-state index in [1.165, 1.54) is 6.07 Å². The summed E-state index contributed by atoms with van der Waals surface area (Å²) in [5, 5.41) is 14.6. The lowest BCUT2D eigenvalue weighted by Gasteiger charge is -2.51. The van der Waals surface area contributed by atoms with Gasteiger partial charge in [-0.15, -0.1) is 0 Å². The maximum atomic E-state index is 14.1. The minimum absolute atomic E-state index is 0.156. The summed E-state index contributed by atoms with van der Waals surface area (Å²) in [5.41, 5.74) is -0.326. The van der Waals surface area contributed by atoms with Crippen LogP contribution in [0.15, 0.2) is 24.3 Å². The van der Waals surface area contributed by atoms with Crippen LogP contribution in [0.25, 0.3) is 0 Å². The molecule has 3 fully saturated rings. The Morgan fingerprint density at radius 1 is 1.18 bits per heavy atom. The normalized spacial score (nSPS) is 31.0. The van der Waals surface area contributed by atoms with Crippen LogP contribution >= 0.6 is 0 Å². The van der Waals surface area contributed by atoms with E-state index in [1.54, 1.807) is 6.07 Å². The first-order chi connectivity index (χ1) is 13.4. The van der Waals surface area contributed by atoms with Crippen molar-refractivity contribution in [1.29, 1.82) is 0 Å². The number of benzene rings is 1. The van der Waals surface area contributed by atoms with Gasteiger partial charge in [-0.2, -0.15) is 0 Å². The van der Waals surface area contributed by atoms with E-state index in [1.807, 2.05) is 17.0 Å². The molecular weight excluding hydrogens is 357 g/mol. The molecule has 28 heavy (non-hydrogen) atoms. The number of piperidine rings is 2. The number of carbonyl (C=O) groups excluding carboxylic acids is 1. The Bertz CT molecular complexity index is 719. The predicted octanol–water partition coefficient (Wildman–Crippen LogP) is 2.68. The number of nitrogens with zero attached hydrogens (tertiary/aromatic N) is 2. The van der Waals surface area contributed by atoms with Crippen LogP contribution in [-0.4, -0.2) is 59.3 Å². The maximum Gasteiger partial charge on any atom is 0.220 e. The first-order valence-electron chi connectivity index (χ1n) is 10.7. The van der Waals surface area contributed by atoms with Gasteiger partial charge in [-0.05, 0) is 64.1 Å². The van der Waals surface area contributed by atoms with E-state index < -0.39 is 5.60 Å². The molecule has 0 aromatic heterocycles. The lowest BCUT2D eigenvalue weighted by molar-refractivity contribution is -0.123. The zero-order valence-corrected chi connectivity index (χ0v) is 16.8. The van der Waals surface area contributed by atoms with Gasteiger partial charge in [-0.25, -0.2) is 4.39 Å².